The van der Waals surface area contributed by atoms with Gasteiger partial charge in [-0.3, -0.25) is 4.98 Å². The lowest BCUT2D eigenvalue weighted by atomic mass is 10.1. The van der Waals surface area contributed by atoms with Crippen molar-refractivity contribution in [3.63, 3.8) is 0 Å². The number of carboxylic acids is 1. The Morgan fingerprint density at radius 2 is 2.31 bits per heavy atom. The lowest BCUT2D eigenvalue weighted by Crippen LogP contribution is -2.37. The normalized spacial score (nSPS) is 14.2. The Labute approximate surface area is 92.6 Å². The van der Waals surface area contributed by atoms with Crippen LogP contribution in [-0.2, 0) is 0 Å². The average molecular weight is 226 g/mol. The average Bonchev–Trinajstić information content (AvgIpc) is 2.27. The predicted molar refractivity (Wildman–Crippen MR) is 57.4 cm³/mol. The van der Waals surface area contributed by atoms with Crippen LogP contribution in [0.3, 0.4) is 0 Å². The minimum Gasteiger partial charge on any atom is -0.478 e. The Balaban J connectivity index is 2.78. The van der Waals surface area contributed by atoms with Crippen molar-refractivity contribution in [2.75, 3.05) is 18.5 Å². The van der Waals surface area contributed by atoms with E-state index >= 15 is 0 Å². The Hall–Kier alpha value is -1.66. The molecule has 0 saturated carbocycles. The fraction of sp³-hybridized carbons (Fsp3) is 0.400. The lowest BCUT2D eigenvalue weighted by molar-refractivity contribution is 0.0132. The van der Waals surface area contributed by atoms with Crippen LogP contribution < -0.4 is 5.32 Å². The van der Waals surface area contributed by atoms with Gasteiger partial charge in [0.2, 0.25) is 0 Å². The highest BCUT2D eigenvalue weighted by Crippen LogP contribution is 2.14. The van der Waals surface area contributed by atoms with Crippen molar-refractivity contribution in [1.29, 1.82) is 0 Å². The van der Waals surface area contributed by atoms with E-state index in [1.165, 1.54) is 25.4 Å². The van der Waals surface area contributed by atoms with Crippen molar-refractivity contribution >= 4 is 11.7 Å². The quantitative estimate of drug-likeness (QED) is 0.560. The first-order valence-electron chi connectivity index (χ1n) is 4.71. The monoisotopic (exact) mass is 226 g/mol. The number of hydrogen-bond donors (Lipinski definition) is 4. The first kappa shape index (κ1) is 12.4. The van der Waals surface area contributed by atoms with E-state index in [1.54, 1.807) is 0 Å². The highest BCUT2D eigenvalue weighted by atomic mass is 16.4. The van der Waals surface area contributed by atoms with Crippen molar-refractivity contribution < 1.29 is 20.1 Å². The van der Waals surface area contributed by atoms with Crippen LogP contribution in [0, 0.1) is 0 Å². The molecule has 0 fully saturated rings. The largest absolute Gasteiger partial charge is 0.478 e. The molecule has 88 valence electrons. The zero-order valence-electron chi connectivity index (χ0n) is 8.84. The molecule has 6 nitrogen and oxygen atoms in total. The van der Waals surface area contributed by atoms with Crippen molar-refractivity contribution in [2.24, 2.45) is 0 Å². The molecule has 1 atom stereocenters. The number of nitrogens with one attached hydrogen (secondary N) is 1. The highest BCUT2D eigenvalue weighted by Gasteiger charge is 2.19. The van der Waals surface area contributed by atoms with Gasteiger partial charge in [0.25, 0.3) is 0 Å². The van der Waals surface area contributed by atoms with Crippen molar-refractivity contribution in [3.05, 3.63) is 24.0 Å². The van der Waals surface area contributed by atoms with Crippen LogP contribution >= 0.6 is 0 Å². The standard InChI is InChI=1S/C10H14N2O4/c1-10(16,6-13)5-12-8-2-3-11-4-7(8)9(14)15/h2-4,13,16H,5-6H2,1H3,(H,11,12)(H,14,15). The summed E-state index contributed by atoms with van der Waals surface area (Å²) in [6, 6.07) is 1.50. The van der Waals surface area contributed by atoms with E-state index in [-0.39, 0.29) is 12.1 Å². The van der Waals surface area contributed by atoms with Crippen LogP contribution in [-0.4, -0.2) is 45.0 Å². The summed E-state index contributed by atoms with van der Waals surface area (Å²) in [6.45, 7) is 1.09. The van der Waals surface area contributed by atoms with Crippen LogP contribution in [0.15, 0.2) is 18.5 Å². The molecule has 0 aliphatic rings. The SMILES string of the molecule is CC(O)(CO)CNc1ccncc1C(=O)O. The maximum atomic E-state index is 10.8. The molecule has 0 saturated heterocycles. The third kappa shape index (κ3) is 3.18. The molecule has 0 aliphatic carbocycles. The second-order valence-corrected chi connectivity index (χ2v) is 3.74. The summed E-state index contributed by atoms with van der Waals surface area (Å²) in [5, 5.41) is 30.0. The van der Waals surface area contributed by atoms with Crippen molar-refractivity contribution in [1.82, 2.24) is 4.98 Å². The van der Waals surface area contributed by atoms with E-state index in [0.717, 1.165) is 0 Å². The summed E-state index contributed by atoms with van der Waals surface area (Å²) in [7, 11) is 0. The van der Waals surface area contributed by atoms with E-state index in [2.05, 4.69) is 10.3 Å². The maximum Gasteiger partial charge on any atom is 0.339 e. The topological polar surface area (TPSA) is 103 Å². The highest BCUT2D eigenvalue weighted by molar-refractivity contribution is 5.93. The summed E-state index contributed by atoms with van der Waals surface area (Å²) in [5.41, 5.74) is -0.911. The van der Waals surface area contributed by atoms with Gasteiger partial charge in [-0.2, -0.15) is 0 Å². The predicted octanol–water partition coefficient (Wildman–Crippen LogP) is -0.0650. The number of aromatic nitrogens is 1. The molecular formula is C10H14N2O4. The van der Waals surface area contributed by atoms with Gasteiger partial charge in [0.1, 0.15) is 11.2 Å². The molecule has 1 unspecified atom stereocenters. The van der Waals surface area contributed by atoms with Crippen molar-refractivity contribution in [2.45, 2.75) is 12.5 Å². The van der Waals surface area contributed by atoms with E-state index in [0.29, 0.717) is 5.69 Å². The summed E-state index contributed by atoms with van der Waals surface area (Å²) >= 11 is 0. The second-order valence-electron chi connectivity index (χ2n) is 3.74. The molecule has 0 bridgehead atoms. The molecular weight excluding hydrogens is 212 g/mol. The molecule has 16 heavy (non-hydrogen) atoms. The van der Waals surface area contributed by atoms with E-state index in [4.69, 9.17) is 10.2 Å². The number of aliphatic hydroxyl groups is 2. The van der Waals surface area contributed by atoms with E-state index in [9.17, 15) is 9.90 Å². The molecule has 0 radical (unpaired) electrons. The molecule has 1 rings (SSSR count). The number of anilines is 1. The molecule has 6 heteroatoms. The minimum atomic E-state index is -1.29. The number of aromatic carboxylic acids is 1. The second kappa shape index (κ2) is 4.91. The van der Waals surface area contributed by atoms with Gasteiger partial charge in [-0.1, -0.05) is 0 Å². The van der Waals surface area contributed by atoms with Crippen molar-refractivity contribution in [3.8, 4) is 0 Å². The number of rotatable bonds is 5. The van der Waals surface area contributed by atoms with Crippen LogP contribution in [0.1, 0.15) is 17.3 Å². The number of carbonyl (C=O) groups is 1. The molecule has 0 aromatic carbocycles. The molecule has 0 spiro atoms. The first-order chi connectivity index (χ1) is 7.46. The Morgan fingerprint density at radius 1 is 1.62 bits per heavy atom. The van der Waals surface area contributed by atoms with Crippen LogP contribution in [0.2, 0.25) is 0 Å². The van der Waals surface area contributed by atoms with Crippen LogP contribution in [0.4, 0.5) is 5.69 Å². The summed E-state index contributed by atoms with van der Waals surface area (Å²) in [5.74, 6) is -1.10. The number of aliphatic hydroxyl groups excluding tert-OH is 1. The van der Waals surface area contributed by atoms with Gasteiger partial charge in [-0.15, -0.1) is 0 Å². The zero-order chi connectivity index (χ0) is 12.2. The zero-order valence-corrected chi connectivity index (χ0v) is 8.84. The van der Waals surface area contributed by atoms with Gasteiger partial charge in [0.05, 0.1) is 12.3 Å². The lowest BCUT2D eigenvalue weighted by Gasteiger charge is -2.21. The van der Waals surface area contributed by atoms with Crippen LogP contribution in [0.5, 0.6) is 0 Å². The molecule has 0 aliphatic heterocycles. The van der Waals surface area contributed by atoms with Gasteiger partial charge >= 0.3 is 5.97 Å². The summed E-state index contributed by atoms with van der Waals surface area (Å²) in [4.78, 5) is 14.5. The number of nitrogens with zero attached hydrogens (tertiary/aromatic N) is 1. The fourth-order valence-corrected chi connectivity index (χ4v) is 1.06. The molecule has 1 aromatic rings. The van der Waals surface area contributed by atoms with E-state index < -0.39 is 18.2 Å². The Morgan fingerprint density at radius 3 is 2.88 bits per heavy atom. The third-order valence-electron chi connectivity index (χ3n) is 2.05. The van der Waals surface area contributed by atoms with Gasteiger partial charge in [0.15, 0.2) is 0 Å². The van der Waals surface area contributed by atoms with E-state index in [1.807, 2.05) is 0 Å². The van der Waals surface area contributed by atoms with Gasteiger partial charge in [-0.25, -0.2) is 4.79 Å². The van der Waals surface area contributed by atoms with Crippen LogP contribution in [0.25, 0.3) is 0 Å². The maximum absolute atomic E-state index is 10.8. The number of carboxylic acid groups (broad SMARTS) is 1. The van der Waals surface area contributed by atoms with Gasteiger partial charge in [0, 0.05) is 18.9 Å². The fourth-order valence-electron chi connectivity index (χ4n) is 1.06. The molecule has 1 heterocycles. The molecule has 0 amide bonds. The Bertz CT molecular complexity index is 379. The van der Waals surface area contributed by atoms with Gasteiger partial charge in [-0.05, 0) is 13.0 Å². The first-order valence-corrected chi connectivity index (χ1v) is 4.71. The number of hydrogen-bond acceptors (Lipinski definition) is 5. The van der Waals surface area contributed by atoms with Gasteiger partial charge < -0.3 is 20.6 Å². The summed E-state index contributed by atoms with van der Waals surface area (Å²) < 4.78 is 0. The molecule has 4 N–H and O–H groups in total. The number of pyridine rings is 1. The minimum absolute atomic E-state index is 0.0243. The smallest absolute Gasteiger partial charge is 0.339 e. The third-order valence-corrected chi connectivity index (χ3v) is 2.05. The Kier molecular flexibility index (Phi) is 3.81. The summed E-state index contributed by atoms with van der Waals surface area (Å²) in [6.07, 6.45) is 2.67. The molecule has 1 aromatic heterocycles.